The lowest BCUT2D eigenvalue weighted by atomic mass is 10.1. The van der Waals surface area contributed by atoms with Crippen molar-refractivity contribution in [2.75, 3.05) is 21.3 Å². The van der Waals surface area contributed by atoms with Gasteiger partial charge in [0.05, 0.1) is 21.3 Å². The van der Waals surface area contributed by atoms with Gasteiger partial charge in [-0.15, -0.1) is 0 Å². The van der Waals surface area contributed by atoms with Crippen LogP contribution in [0.25, 0.3) is 0 Å². The smallest absolute Gasteiger partial charge is 0.203 e. The summed E-state index contributed by atoms with van der Waals surface area (Å²) in [6.45, 7) is 1.13. The molecule has 0 aliphatic heterocycles. The highest BCUT2D eigenvalue weighted by atomic mass is 19.1. The van der Waals surface area contributed by atoms with Crippen LogP contribution in [0.2, 0.25) is 0 Å². The molecule has 4 nitrogen and oxygen atoms in total. The van der Waals surface area contributed by atoms with Gasteiger partial charge in [0.25, 0.3) is 0 Å². The zero-order valence-corrected chi connectivity index (χ0v) is 13.0. The Kier molecular flexibility index (Phi) is 5.61. The highest BCUT2D eigenvalue weighted by Gasteiger charge is 2.15. The van der Waals surface area contributed by atoms with Crippen molar-refractivity contribution >= 4 is 0 Å². The SMILES string of the molecule is COc1ccc(CNCc2cccc(F)c2)c(OC)c1OC. The molecule has 2 rings (SSSR count). The molecule has 0 aliphatic rings. The molecule has 0 radical (unpaired) electrons. The number of nitrogens with one attached hydrogen (secondary N) is 1. The lowest BCUT2D eigenvalue weighted by molar-refractivity contribution is 0.321. The average molecular weight is 305 g/mol. The van der Waals surface area contributed by atoms with Crippen molar-refractivity contribution in [2.45, 2.75) is 13.1 Å². The maximum absolute atomic E-state index is 13.1. The zero-order valence-electron chi connectivity index (χ0n) is 13.0. The first-order chi connectivity index (χ1) is 10.7. The Labute approximate surface area is 129 Å². The molecule has 0 atom stereocenters. The van der Waals surface area contributed by atoms with Crippen molar-refractivity contribution in [3.05, 3.63) is 53.3 Å². The molecular weight excluding hydrogens is 285 g/mol. The second-order valence-corrected chi connectivity index (χ2v) is 4.73. The third-order valence-electron chi connectivity index (χ3n) is 3.32. The van der Waals surface area contributed by atoms with Crippen molar-refractivity contribution in [3.63, 3.8) is 0 Å². The summed E-state index contributed by atoms with van der Waals surface area (Å²) in [6, 6.07) is 10.3. The number of hydrogen-bond donors (Lipinski definition) is 1. The fourth-order valence-electron chi connectivity index (χ4n) is 2.29. The van der Waals surface area contributed by atoms with Crippen LogP contribution in [0.5, 0.6) is 17.2 Å². The van der Waals surface area contributed by atoms with Gasteiger partial charge >= 0.3 is 0 Å². The minimum Gasteiger partial charge on any atom is -0.493 e. The summed E-state index contributed by atoms with van der Waals surface area (Å²) in [4.78, 5) is 0. The largest absolute Gasteiger partial charge is 0.493 e. The summed E-state index contributed by atoms with van der Waals surface area (Å²) in [5.41, 5.74) is 1.83. The fourth-order valence-corrected chi connectivity index (χ4v) is 2.29. The molecule has 0 aromatic heterocycles. The number of ether oxygens (including phenoxy) is 3. The maximum Gasteiger partial charge on any atom is 0.203 e. The van der Waals surface area contributed by atoms with Crippen LogP contribution in [0.4, 0.5) is 4.39 Å². The van der Waals surface area contributed by atoms with Crippen LogP contribution in [0.3, 0.4) is 0 Å². The van der Waals surface area contributed by atoms with E-state index < -0.39 is 0 Å². The van der Waals surface area contributed by atoms with Gasteiger partial charge in [0.15, 0.2) is 11.5 Å². The maximum atomic E-state index is 13.1. The van der Waals surface area contributed by atoms with Gasteiger partial charge in [0, 0.05) is 18.7 Å². The van der Waals surface area contributed by atoms with E-state index in [1.54, 1.807) is 27.4 Å². The van der Waals surface area contributed by atoms with Crippen LogP contribution >= 0.6 is 0 Å². The van der Waals surface area contributed by atoms with Crippen molar-refractivity contribution in [3.8, 4) is 17.2 Å². The molecule has 0 fully saturated rings. The van der Waals surface area contributed by atoms with Gasteiger partial charge in [-0.1, -0.05) is 18.2 Å². The quantitative estimate of drug-likeness (QED) is 0.853. The molecule has 0 spiro atoms. The molecule has 0 saturated heterocycles. The second-order valence-electron chi connectivity index (χ2n) is 4.73. The van der Waals surface area contributed by atoms with Gasteiger partial charge in [0.2, 0.25) is 5.75 Å². The summed E-state index contributed by atoms with van der Waals surface area (Å²) in [6.07, 6.45) is 0. The Morgan fingerprint density at radius 3 is 2.32 bits per heavy atom. The van der Waals surface area contributed by atoms with Crippen molar-refractivity contribution in [1.82, 2.24) is 5.32 Å². The Morgan fingerprint density at radius 2 is 1.68 bits per heavy atom. The van der Waals surface area contributed by atoms with E-state index >= 15 is 0 Å². The van der Waals surface area contributed by atoms with Crippen LogP contribution in [-0.2, 0) is 13.1 Å². The molecule has 22 heavy (non-hydrogen) atoms. The third kappa shape index (κ3) is 3.68. The fraction of sp³-hybridized carbons (Fsp3) is 0.294. The van der Waals surface area contributed by atoms with Gasteiger partial charge in [-0.3, -0.25) is 0 Å². The lowest BCUT2D eigenvalue weighted by Crippen LogP contribution is -2.14. The van der Waals surface area contributed by atoms with E-state index in [1.165, 1.54) is 12.1 Å². The van der Waals surface area contributed by atoms with Gasteiger partial charge in [0.1, 0.15) is 5.82 Å². The first-order valence-corrected chi connectivity index (χ1v) is 6.92. The Morgan fingerprint density at radius 1 is 0.909 bits per heavy atom. The summed E-state index contributed by atoms with van der Waals surface area (Å²) >= 11 is 0. The predicted octanol–water partition coefficient (Wildman–Crippen LogP) is 3.14. The van der Waals surface area contributed by atoms with E-state index in [-0.39, 0.29) is 5.82 Å². The van der Waals surface area contributed by atoms with Gasteiger partial charge in [-0.25, -0.2) is 4.39 Å². The number of hydrogen-bond acceptors (Lipinski definition) is 4. The summed E-state index contributed by atoms with van der Waals surface area (Å²) < 4.78 is 29.2. The molecular formula is C17H20FNO3. The highest BCUT2D eigenvalue weighted by molar-refractivity contribution is 5.55. The number of benzene rings is 2. The normalized spacial score (nSPS) is 10.4. The van der Waals surface area contributed by atoms with E-state index in [1.807, 2.05) is 18.2 Å². The van der Waals surface area contributed by atoms with E-state index in [2.05, 4.69) is 5.32 Å². The molecule has 118 valence electrons. The summed E-state index contributed by atoms with van der Waals surface area (Å²) in [5.74, 6) is 1.58. The highest BCUT2D eigenvalue weighted by Crippen LogP contribution is 2.39. The first kappa shape index (κ1) is 16.1. The zero-order chi connectivity index (χ0) is 15.9. The van der Waals surface area contributed by atoms with Crippen molar-refractivity contribution in [2.24, 2.45) is 0 Å². The number of halogens is 1. The van der Waals surface area contributed by atoms with Gasteiger partial charge in [-0.2, -0.15) is 0 Å². The van der Waals surface area contributed by atoms with Gasteiger partial charge in [-0.05, 0) is 23.8 Å². The molecule has 2 aromatic carbocycles. The van der Waals surface area contributed by atoms with Crippen LogP contribution < -0.4 is 19.5 Å². The molecule has 1 N–H and O–H groups in total. The molecule has 0 heterocycles. The molecule has 5 heteroatoms. The molecule has 0 amide bonds. The third-order valence-corrected chi connectivity index (χ3v) is 3.32. The minimum absolute atomic E-state index is 0.233. The molecule has 0 unspecified atom stereocenters. The van der Waals surface area contributed by atoms with E-state index in [9.17, 15) is 4.39 Å². The van der Waals surface area contributed by atoms with Crippen LogP contribution in [0.1, 0.15) is 11.1 Å². The Bertz CT molecular complexity index is 631. The first-order valence-electron chi connectivity index (χ1n) is 6.92. The topological polar surface area (TPSA) is 39.7 Å². The second kappa shape index (κ2) is 7.66. The molecule has 0 aliphatic carbocycles. The number of methoxy groups -OCH3 is 3. The summed E-state index contributed by atoms with van der Waals surface area (Å²) in [7, 11) is 4.75. The average Bonchev–Trinajstić information content (AvgIpc) is 2.54. The standard InChI is InChI=1S/C17H20FNO3/c1-20-15-8-7-13(16(21-2)17(15)22-3)11-19-10-12-5-4-6-14(18)9-12/h4-9,19H,10-11H2,1-3H3. The Hall–Kier alpha value is -2.27. The summed E-state index contributed by atoms with van der Waals surface area (Å²) in [5, 5.41) is 3.27. The van der Waals surface area contributed by atoms with Gasteiger partial charge < -0.3 is 19.5 Å². The van der Waals surface area contributed by atoms with Crippen LogP contribution in [-0.4, -0.2) is 21.3 Å². The predicted molar refractivity (Wildman–Crippen MR) is 83.0 cm³/mol. The van der Waals surface area contributed by atoms with E-state index in [4.69, 9.17) is 14.2 Å². The molecule has 0 bridgehead atoms. The molecule has 0 saturated carbocycles. The van der Waals surface area contributed by atoms with E-state index in [0.717, 1.165) is 11.1 Å². The van der Waals surface area contributed by atoms with Crippen LogP contribution in [0, 0.1) is 5.82 Å². The lowest BCUT2D eigenvalue weighted by Gasteiger charge is -2.16. The van der Waals surface area contributed by atoms with E-state index in [0.29, 0.717) is 30.3 Å². The minimum atomic E-state index is -0.233. The monoisotopic (exact) mass is 305 g/mol. The Balaban J connectivity index is 2.09. The van der Waals surface area contributed by atoms with Crippen molar-refractivity contribution in [1.29, 1.82) is 0 Å². The molecule has 2 aromatic rings. The number of rotatable bonds is 7. The van der Waals surface area contributed by atoms with Crippen molar-refractivity contribution < 1.29 is 18.6 Å². The van der Waals surface area contributed by atoms with Crippen LogP contribution in [0.15, 0.2) is 36.4 Å².